The molecule has 0 radical (unpaired) electrons. The lowest BCUT2D eigenvalue weighted by Gasteiger charge is -2.10. The Kier molecular flexibility index (Phi) is 6.13. The molecule has 2 aromatic rings. The molecule has 4 heteroatoms. The van der Waals surface area contributed by atoms with Gasteiger partial charge >= 0.3 is 11.9 Å². The average Bonchev–Trinajstić information content (AvgIpc) is 2.58. The van der Waals surface area contributed by atoms with Gasteiger partial charge in [0.2, 0.25) is 0 Å². The van der Waals surface area contributed by atoms with Crippen LogP contribution in [0.25, 0.3) is 0 Å². The molecular formula is C20H22O4. The van der Waals surface area contributed by atoms with Crippen LogP contribution in [0.1, 0.15) is 51.6 Å². The molecule has 0 saturated carbocycles. The van der Waals surface area contributed by atoms with Gasteiger partial charge in [0.15, 0.2) is 0 Å². The molecule has 0 heterocycles. The molecule has 0 unspecified atom stereocenters. The maximum atomic E-state index is 12.4. The number of ether oxygens (including phenoxy) is 2. The second-order valence-electron chi connectivity index (χ2n) is 5.67. The normalized spacial score (nSPS) is 10.3. The fourth-order valence-corrected chi connectivity index (χ4v) is 2.17. The van der Waals surface area contributed by atoms with Gasteiger partial charge in [-0.3, -0.25) is 0 Å². The van der Waals surface area contributed by atoms with E-state index in [9.17, 15) is 9.59 Å². The molecule has 2 rings (SSSR count). The number of carbonyl (C=O) groups excluding carboxylic acids is 2. The third kappa shape index (κ3) is 4.44. The Labute approximate surface area is 142 Å². The molecule has 0 aliphatic heterocycles. The summed E-state index contributed by atoms with van der Waals surface area (Å²) in [6.45, 7) is 6.30. The Hall–Kier alpha value is -2.62. The van der Waals surface area contributed by atoms with E-state index in [1.165, 1.54) is 0 Å². The van der Waals surface area contributed by atoms with Gasteiger partial charge in [-0.25, -0.2) is 9.59 Å². The Morgan fingerprint density at radius 2 is 1.58 bits per heavy atom. The lowest BCUT2D eigenvalue weighted by atomic mass is 10.1. The van der Waals surface area contributed by atoms with Crippen molar-refractivity contribution in [2.75, 3.05) is 6.61 Å². The van der Waals surface area contributed by atoms with Crippen LogP contribution in [0.2, 0.25) is 0 Å². The number of hydrogen-bond donors (Lipinski definition) is 0. The van der Waals surface area contributed by atoms with Crippen LogP contribution in [0.4, 0.5) is 0 Å². The lowest BCUT2D eigenvalue weighted by Crippen LogP contribution is -2.16. The largest absolute Gasteiger partial charge is 0.462 e. The quantitative estimate of drug-likeness (QED) is 0.446. The number of unbranched alkanes of at least 4 members (excludes halogenated alkanes) is 1. The minimum atomic E-state index is -0.568. The van der Waals surface area contributed by atoms with Gasteiger partial charge in [0.25, 0.3) is 0 Å². The average molecular weight is 326 g/mol. The smallest absolute Gasteiger partial charge is 0.344 e. The van der Waals surface area contributed by atoms with E-state index in [0.29, 0.717) is 12.4 Å². The van der Waals surface area contributed by atoms with Gasteiger partial charge in [-0.2, -0.15) is 0 Å². The summed E-state index contributed by atoms with van der Waals surface area (Å²) < 4.78 is 10.6. The van der Waals surface area contributed by atoms with E-state index in [1.54, 1.807) is 36.4 Å². The first kappa shape index (κ1) is 17.7. The molecule has 2 aromatic carbocycles. The summed E-state index contributed by atoms with van der Waals surface area (Å²) >= 11 is 0. The van der Waals surface area contributed by atoms with E-state index in [2.05, 4.69) is 0 Å². The Morgan fingerprint density at radius 1 is 0.917 bits per heavy atom. The summed E-state index contributed by atoms with van der Waals surface area (Å²) in [5.41, 5.74) is 2.59. The molecule has 0 atom stereocenters. The summed E-state index contributed by atoms with van der Waals surface area (Å²) in [6, 6.07) is 12.0. The van der Waals surface area contributed by atoms with Gasteiger partial charge in [-0.05, 0) is 55.7 Å². The number of esters is 2. The predicted molar refractivity (Wildman–Crippen MR) is 92.5 cm³/mol. The molecule has 0 aliphatic carbocycles. The highest BCUT2D eigenvalue weighted by molar-refractivity contribution is 6.03. The van der Waals surface area contributed by atoms with Gasteiger partial charge in [0.1, 0.15) is 5.75 Å². The standard InChI is InChI=1S/C20H22O4/c1-4-5-12-23-19(21)17-8-6-7-9-18(17)20(22)24-16-11-10-14(2)15(3)13-16/h6-11,13H,4-5,12H2,1-3H3. The fourth-order valence-electron chi connectivity index (χ4n) is 2.17. The molecule has 0 fully saturated rings. The number of aryl methyl sites for hydroxylation is 2. The first-order chi connectivity index (χ1) is 11.5. The van der Waals surface area contributed by atoms with E-state index in [0.717, 1.165) is 24.0 Å². The highest BCUT2D eigenvalue weighted by atomic mass is 16.5. The number of benzene rings is 2. The van der Waals surface area contributed by atoms with Gasteiger partial charge in [0, 0.05) is 0 Å². The lowest BCUT2D eigenvalue weighted by molar-refractivity contribution is 0.0491. The second-order valence-corrected chi connectivity index (χ2v) is 5.67. The third-order valence-electron chi connectivity index (χ3n) is 3.79. The van der Waals surface area contributed by atoms with E-state index in [1.807, 2.05) is 26.8 Å². The van der Waals surface area contributed by atoms with E-state index >= 15 is 0 Å². The third-order valence-corrected chi connectivity index (χ3v) is 3.79. The summed E-state index contributed by atoms with van der Waals surface area (Å²) in [5, 5.41) is 0. The van der Waals surface area contributed by atoms with Gasteiger partial charge in [-0.15, -0.1) is 0 Å². The van der Waals surface area contributed by atoms with Crippen molar-refractivity contribution in [1.82, 2.24) is 0 Å². The van der Waals surface area contributed by atoms with E-state index in [4.69, 9.17) is 9.47 Å². The summed E-state index contributed by atoms with van der Waals surface area (Å²) in [6.07, 6.45) is 1.73. The van der Waals surface area contributed by atoms with Gasteiger partial charge in [-0.1, -0.05) is 31.5 Å². The zero-order valence-electron chi connectivity index (χ0n) is 14.3. The van der Waals surface area contributed by atoms with Gasteiger partial charge < -0.3 is 9.47 Å². The number of carbonyl (C=O) groups is 2. The fraction of sp³-hybridized carbons (Fsp3) is 0.300. The second kappa shape index (κ2) is 8.29. The minimum absolute atomic E-state index is 0.206. The van der Waals surface area contributed by atoms with Crippen LogP contribution < -0.4 is 4.74 Å². The van der Waals surface area contributed by atoms with Crippen LogP contribution >= 0.6 is 0 Å². The molecule has 24 heavy (non-hydrogen) atoms. The Balaban J connectivity index is 2.17. The molecule has 0 saturated heterocycles. The molecule has 0 N–H and O–H groups in total. The monoisotopic (exact) mass is 326 g/mol. The zero-order chi connectivity index (χ0) is 17.5. The topological polar surface area (TPSA) is 52.6 Å². The van der Waals surface area contributed by atoms with Crippen molar-refractivity contribution in [1.29, 1.82) is 0 Å². The predicted octanol–water partition coefficient (Wildman–Crippen LogP) is 4.48. The van der Waals surface area contributed by atoms with E-state index < -0.39 is 11.9 Å². The van der Waals surface area contributed by atoms with Crippen LogP contribution in [0.15, 0.2) is 42.5 Å². The summed E-state index contributed by atoms with van der Waals surface area (Å²) in [4.78, 5) is 24.6. The maximum Gasteiger partial charge on any atom is 0.344 e. The van der Waals surface area contributed by atoms with Crippen molar-refractivity contribution in [3.05, 3.63) is 64.7 Å². The molecule has 0 aromatic heterocycles. The van der Waals surface area contributed by atoms with Crippen molar-refractivity contribution < 1.29 is 19.1 Å². The van der Waals surface area contributed by atoms with Crippen molar-refractivity contribution in [3.8, 4) is 5.75 Å². The first-order valence-corrected chi connectivity index (χ1v) is 8.08. The highest BCUT2D eigenvalue weighted by Gasteiger charge is 2.19. The van der Waals surface area contributed by atoms with Crippen molar-refractivity contribution in [3.63, 3.8) is 0 Å². The SMILES string of the molecule is CCCCOC(=O)c1ccccc1C(=O)Oc1ccc(C)c(C)c1. The van der Waals surface area contributed by atoms with Crippen LogP contribution in [0.3, 0.4) is 0 Å². The molecule has 0 aliphatic rings. The number of hydrogen-bond acceptors (Lipinski definition) is 4. The first-order valence-electron chi connectivity index (χ1n) is 8.08. The van der Waals surface area contributed by atoms with Crippen LogP contribution in [-0.4, -0.2) is 18.5 Å². The number of rotatable bonds is 6. The van der Waals surface area contributed by atoms with E-state index in [-0.39, 0.29) is 11.1 Å². The summed E-state index contributed by atoms with van der Waals surface area (Å²) in [7, 11) is 0. The molecular weight excluding hydrogens is 304 g/mol. The summed E-state index contributed by atoms with van der Waals surface area (Å²) in [5.74, 6) is -0.616. The molecule has 0 spiro atoms. The van der Waals surface area contributed by atoms with Crippen molar-refractivity contribution in [2.45, 2.75) is 33.6 Å². The van der Waals surface area contributed by atoms with Gasteiger partial charge in [0.05, 0.1) is 17.7 Å². The molecule has 126 valence electrons. The molecule has 4 nitrogen and oxygen atoms in total. The minimum Gasteiger partial charge on any atom is -0.462 e. The zero-order valence-corrected chi connectivity index (χ0v) is 14.3. The van der Waals surface area contributed by atoms with Crippen LogP contribution in [-0.2, 0) is 4.74 Å². The van der Waals surface area contributed by atoms with Crippen molar-refractivity contribution >= 4 is 11.9 Å². The van der Waals surface area contributed by atoms with Crippen LogP contribution in [0.5, 0.6) is 5.75 Å². The van der Waals surface area contributed by atoms with Crippen molar-refractivity contribution in [2.24, 2.45) is 0 Å². The highest BCUT2D eigenvalue weighted by Crippen LogP contribution is 2.19. The van der Waals surface area contributed by atoms with Crippen LogP contribution in [0, 0.1) is 13.8 Å². The Bertz CT molecular complexity index is 734. The molecule has 0 bridgehead atoms. The maximum absolute atomic E-state index is 12.4. The Morgan fingerprint density at radius 3 is 2.21 bits per heavy atom. The molecule has 0 amide bonds.